The molecule has 0 aromatic heterocycles. The summed E-state index contributed by atoms with van der Waals surface area (Å²) >= 11 is 0. The average molecular weight is 223 g/mol. The van der Waals surface area contributed by atoms with Crippen molar-refractivity contribution >= 4 is 16.7 Å². The van der Waals surface area contributed by atoms with Crippen LogP contribution in [0.4, 0.5) is 0 Å². The fraction of sp³-hybridized carbons (Fsp3) is 0.182. The third kappa shape index (κ3) is 4.56. The van der Waals surface area contributed by atoms with Gasteiger partial charge in [-0.2, -0.15) is 0 Å². The highest BCUT2D eigenvalue weighted by Gasteiger charge is 1.97. The van der Waals surface area contributed by atoms with E-state index in [1.54, 1.807) is 0 Å². The Balaban J connectivity index is 2.50. The lowest BCUT2D eigenvalue weighted by Crippen LogP contribution is -2.14. The predicted octanol–water partition coefficient (Wildman–Crippen LogP) is 1.20. The standard InChI is InChI=1S/C11H13NO2S/c1-12-11(13)7-8-15(14)9-10-5-3-2-4-6-10/h2-8H,9H2,1H3,(H,12,13)/b8-7-. The molecule has 1 atom stereocenters. The van der Waals surface area contributed by atoms with Gasteiger partial charge in [-0.3, -0.25) is 9.00 Å². The first kappa shape index (κ1) is 11.7. The zero-order chi connectivity index (χ0) is 11.1. The molecule has 15 heavy (non-hydrogen) atoms. The van der Waals surface area contributed by atoms with E-state index < -0.39 is 10.8 Å². The quantitative estimate of drug-likeness (QED) is 0.779. The Morgan fingerprint density at radius 1 is 1.40 bits per heavy atom. The summed E-state index contributed by atoms with van der Waals surface area (Å²) in [4.78, 5) is 10.8. The average Bonchev–Trinajstić information content (AvgIpc) is 2.27. The summed E-state index contributed by atoms with van der Waals surface area (Å²) in [7, 11) is 0.400. The molecule has 1 rings (SSSR count). The molecule has 1 N–H and O–H groups in total. The van der Waals surface area contributed by atoms with Crippen LogP contribution in [0, 0.1) is 0 Å². The third-order valence-corrected chi connectivity index (χ3v) is 2.83. The fourth-order valence-corrected chi connectivity index (χ4v) is 1.90. The van der Waals surface area contributed by atoms with Crippen molar-refractivity contribution in [2.24, 2.45) is 0 Å². The Morgan fingerprint density at radius 2 is 2.07 bits per heavy atom. The lowest BCUT2D eigenvalue weighted by molar-refractivity contribution is -0.116. The Labute approximate surface area is 91.7 Å². The van der Waals surface area contributed by atoms with Crippen LogP contribution >= 0.6 is 0 Å². The number of amides is 1. The molecule has 0 aliphatic heterocycles. The van der Waals surface area contributed by atoms with E-state index in [1.165, 1.54) is 18.5 Å². The predicted molar refractivity (Wildman–Crippen MR) is 61.5 cm³/mol. The minimum atomic E-state index is -1.13. The van der Waals surface area contributed by atoms with E-state index in [4.69, 9.17) is 0 Å². The van der Waals surface area contributed by atoms with Gasteiger partial charge in [-0.25, -0.2) is 0 Å². The Kier molecular flexibility index (Phi) is 4.77. The molecule has 1 aromatic rings. The number of benzene rings is 1. The molecule has 0 heterocycles. The largest absolute Gasteiger partial charge is 0.356 e. The van der Waals surface area contributed by atoms with Crippen LogP contribution in [0.5, 0.6) is 0 Å². The Hall–Kier alpha value is -1.42. The van der Waals surface area contributed by atoms with Crippen LogP contribution in [0.1, 0.15) is 5.56 Å². The van der Waals surface area contributed by atoms with Crippen molar-refractivity contribution in [2.45, 2.75) is 5.75 Å². The summed E-state index contributed by atoms with van der Waals surface area (Å²) in [6.45, 7) is 0. The molecule has 0 aliphatic rings. The van der Waals surface area contributed by atoms with Crippen molar-refractivity contribution in [1.82, 2.24) is 5.32 Å². The van der Waals surface area contributed by atoms with Crippen LogP contribution in [-0.4, -0.2) is 17.2 Å². The summed E-state index contributed by atoms with van der Waals surface area (Å²) in [6.07, 6.45) is 1.29. The van der Waals surface area contributed by atoms with Crippen molar-refractivity contribution in [1.29, 1.82) is 0 Å². The van der Waals surface area contributed by atoms with Gasteiger partial charge in [0.2, 0.25) is 5.91 Å². The van der Waals surface area contributed by atoms with Crippen molar-refractivity contribution < 1.29 is 9.00 Å². The SMILES string of the molecule is CNC(=O)/C=C\S(=O)Cc1ccccc1. The molecule has 3 nitrogen and oxygen atoms in total. The summed E-state index contributed by atoms with van der Waals surface area (Å²) in [6, 6.07) is 9.52. The first-order valence-corrected chi connectivity index (χ1v) is 5.91. The zero-order valence-corrected chi connectivity index (χ0v) is 9.29. The highest BCUT2D eigenvalue weighted by Crippen LogP contribution is 2.03. The number of hydrogen-bond donors (Lipinski definition) is 1. The topological polar surface area (TPSA) is 46.2 Å². The summed E-state index contributed by atoms with van der Waals surface area (Å²) in [5.74, 6) is 0.199. The van der Waals surface area contributed by atoms with E-state index in [9.17, 15) is 9.00 Å². The fourth-order valence-electron chi connectivity index (χ4n) is 1.01. The Bertz CT molecular complexity index is 373. The van der Waals surface area contributed by atoms with Crippen LogP contribution in [0.25, 0.3) is 0 Å². The van der Waals surface area contributed by atoms with Gasteiger partial charge in [0.1, 0.15) is 0 Å². The number of likely N-dealkylation sites (N-methyl/N-ethyl adjacent to an activating group) is 1. The van der Waals surface area contributed by atoms with Crippen molar-refractivity contribution in [3.8, 4) is 0 Å². The summed E-state index contributed by atoms with van der Waals surface area (Å²) < 4.78 is 11.5. The summed E-state index contributed by atoms with van der Waals surface area (Å²) in [5.41, 5.74) is 0.998. The van der Waals surface area contributed by atoms with Gasteiger partial charge in [0.25, 0.3) is 0 Å². The van der Waals surface area contributed by atoms with Gasteiger partial charge in [-0.1, -0.05) is 30.3 Å². The minimum absolute atomic E-state index is 0.239. The van der Waals surface area contributed by atoms with Gasteiger partial charge >= 0.3 is 0 Å². The van der Waals surface area contributed by atoms with Crippen LogP contribution in [0.2, 0.25) is 0 Å². The van der Waals surface area contributed by atoms with Crippen molar-refractivity contribution in [2.75, 3.05) is 7.05 Å². The minimum Gasteiger partial charge on any atom is -0.356 e. The lowest BCUT2D eigenvalue weighted by atomic mass is 10.2. The van der Waals surface area contributed by atoms with E-state index in [0.717, 1.165) is 5.56 Å². The van der Waals surface area contributed by atoms with Crippen molar-refractivity contribution in [3.05, 3.63) is 47.4 Å². The first-order valence-electron chi connectivity index (χ1n) is 4.53. The molecule has 0 bridgehead atoms. The molecule has 1 unspecified atom stereocenters. The lowest BCUT2D eigenvalue weighted by Gasteiger charge is -1.96. The molecule has 0 fully saturated rings. The first-order chi connectivity index (χ1) is 7.22. The number of nitrogens with one attached hydrogen (secondary N) is 1. The van der Waals surface area contributed by atoms with Crippen LogP contribution in [0.15, 0.2) is 41.8 Å². The van der Waals surface area contributed by atoms with Crippen LogP contribution < -0.4 is 5.32 Å². The monoisotopic (exact) mass is 223 g/mol. The highest BCUT2D eigenvalue weighted by molar-refractivity contribution is 7.87. The maximum atomic E-state index is 11.5. The molecule has 0 spiro atoms. The van der Waals surface area contributed by atoms with E-state index in [2.05, 4.69) is 5.32 Å². The van der Waals surface area contributed by atoms with E-state index in [-0.39, 0.29) is 5.91 Å². The molecule has 0 saturated carbocycles. The second kappa shape index (κ2) is 6.14. The molecule has 80 valence electrons. The maximum absolute atomic E-state index is 11.5. The van der Waals surface area contributed by atoms with E-state index in [0.29, 0.717) is 5.75 Å². The molecule has 1 aromatic carbocycles. The highest BCUT2D eigenvalue weighted by atomic mass is 32.2. The van der Waals surface area contributed by atoms with Gasteiger partial charge in [-0.15, -0.1) is 0 Å². The maximum Gasteiger partial charge on any atom is 0.244 e. The van der Waals surface area contributed by atoms with Gasteiger partial charge in [0.15, 0.2) is 0 Å². The smallest absolute Gasteiger partial charge is 0.244 e. The molecule has 0 radical (unpaired) electrons. The number of rotatable bonds is 4. The van der Waals surface area contributed by atoms with E-state index >= 15 is 0 Å². The van der Waals surface area contributed by atoms with E-state index in [1.807, 2.05) is 30.3 Å². The van der Waals surface area contributed by atoms with Gasteiger partial charge in [-0.05, 0) is 5.56 Å². The molecule has 4 heteroatoms. The molecule has 0 saturated heterocycles. The molecular weight excluding hydrogens is 210 g/mol. The zero-order valence-electron chi connectivity index (χ0n) is 8.47. The van der Waals surface area contributed by atoms with Crippen LogP contribution in [0.3, 0.4) is 0 Å². The van der Waals surface area contributed by atoms with Crippen molar-refractivity contribution in [3.63, 3.8) is 0 Å². The van der Waals surface area contributed by atoms with Crippen LogP contribution in [-0.2, 0) is 21.3 Å². The second-order valence-corrected chi connectivity index (χ2v) is 4.25. The Morgan fingerprint density at radius 3 is 2.67 bits per heavy atom. The second-order valence-electron chi connectivity index (χ2n) is 2.93. The molecule has 0 aliphatic carbocycles. The number of hydrogen-bond acceptors (Lipinski definition) is 2. The summed E-state index contributed by atoms with van der Waals surface area (Å²) in [5, 5.41) is 3.83. The third-order valence-electron chi connectivity index (χ3n) is 1.77. The number of carbonyl (C=O) groups is 1. The van der Waals surface area contributed by atoms with Gasteiger partial charge in [0, 0.05) is 18.5 Å². The van der Waals surface area contributed by atoms with Gasteiger partial charge in [0.05, 0.1) is 16.6 Å². The normalized spacial score (nSPS) is 12.6. The molecule has 1 amide bonds. The van der Waals surface area contributed by atoms with Gasteiger partial charge < -0.3 is 5.32 Å². The molecular formula is C11H13NO2S. The number of carbonyl (C=O) groups excluding carboxylic acids is 1.